The van der Waals surface area contributed by atoms with Gasteiger partial charge in [-0.15, -0.1) is 0 Å². The summed E-state index contributed by atoms with van der Waals surface area (Å²) in [6.45, 7) is 0. The lowest BCUT2D eigenvalue weighted by atomic mass is 10.00. The number of aryl methyl sites for hydroxylation is 1. The van der Waals surface area contributed by atoms with Gasteiger partial charge in [0.1, 0.15) is 0 Å². The van der Waals surface area contributed by atoms with Gasteiger partial charge in [0, 0.05) is 50.7 Å². The first kappa shape index (κ1) is 20.4. The smallest absolute Gasteiger partial charge is 0.0619 e. The molecule has 0 N–H and O–H groups in total. The minimum atomic E-state index is 1.18. The molecule has 2 heteroatoms. The van der Waals surface area contributed by atoms with E-state index >= 15 is 0 Å². The van der Waals surface area contributed by atoms with Crippen molar-refractivity contribution in [1.82, 2.24) is 9.13 Å². The van der Waals surface area contributed by atoms with Crippen LogP contribution in [0, 0.1) is 0 Å². The van der Waals surface area contributed by atoms with Crippen LogP contribution >= 0.6 is 0 Å². The second-order valence-electron chi connectivity index (χ2n) is 9.89. The van der Waals surface area contributed by atoms with Gasteiger partial charge in [-0.3, -0.25) is 0 Å². The summed E-state index contributed by atoms with van der Waals surface area (Å²) in [7, 11) is 2.15. The van der Waals surface area contributed by atoms with Crippen molar-refractivity contribution in [2.24, 2.45) is 7.05 Å². The standard InChI is InChI=1S/C35H24N2/c1-36-32-14-8-7-13-28(32)30-21-24(16-19-33(30)36)25-17-20-34-31(22-25)29-18-15-23-9-5-6-12-27(23)35(29)37(34)26-10-3-2-4-11-26/h2-22H,1H3. The molecule has 0 amide bonds. The average Bonchev–Trinajstić information content (AvgIpc) is 3.45. The molecule has 0 bridgehead atoms. The minimum Gasteiger partial charge on any atom is -0.344 e. The average molecular weight is 473 g/mol. The molecule has 37 heavy (non-hydrogen) atoms. The first-order chi connectivity index (χ1) is 18.3. The second-order valence-corrected chi connectivity index (χ2v) is 9.89. The molecule has 0 aliphatic heterocycles. The van der Waals surface area contributed by atoms with Crippen LogP contribution < -0.4 is 0 Å². The van der Waals surface area contributed by atoms with E-state index in [0.717, 1.165) is 0 Å². The highest BCUT2D eigenvalue weighted by molar-refractivity contribution is 6.19. The molecule has 2 heterocycles. The largest absolute Gasteiger partial charge is 0.344 e. The lowest BCUT2D eigenvalue weighted by molar-refractivity contribution is 1.01. The van der Waals surface area contributed by atoms with Crippen molar-refractivity contribution in [2.45, 2.75) is 0 Å². The Kier molecular flexibility index (Phi) is 4.18. The monoisotopic (exact) mass is 472 g/mol. The molecular formula is C35H24N2. The van der Waals surface area contributed by atoms with Gasteiger partial charge in [0.2, 0.25) is 0 Å². The molecule has 0 atom stereocenters. The first-order valence-electron chi connectivity index (χ1n) is 12.8. The Morgan fingerprint density at radius 1 is 0.432 bits per heavy atom. The fourth-order valence-corrected chi connectivity index (χ4v) is 6.15. The molecule has 8 rings (SSSR count). The lowest BCUT2D eigenvalue weighted by Gasteiger charge is -2.10. The number of nitrogens with zero attached hydrogens (tertiary/aromatic N) is 2. The molecule has 0 radical (unpaired) electrons. The van der Waals surface area contributed by atoms with Crippen molar-refractivity contribution in [2.75, 3.05) is 0 Å². The van der Waals surface area contributed by atoms with E-state index in [1.807, 2.05) is 0 Å². The predicted molar refractivity (Wildman–Crippen MR) is 158 cm³/mol. The summed E-state index contributed by atoms with van der Waals surface area (Å²) < 4.78 is 4.71. The molecule has 2 nitrogen and oxygen atoms in total. The maximum atomic E-state index is 2.42. The zero-order valence-corrected chi connectivity index (χ0v) is 20.5. The molecule has 2 aromatic heterocycles. The summed E-state index contributed by atoms with van der Waals surface area (Å²) >= 11 is 0. The third-order valence-corrected chi connectivity index (χ3v) is 7.91. The Hall–Kier alpha value is -4.82. The Morgan fingerprint density at radius 2 is 1.05 bits per heavy atom. The number of fused-ring (bicyclic) bond motifs is 8. The molecule has 0 fully saturated rings. The van der Waals surface area contributed by atoms with Gasteiger partial charge in [-0.1, -0.05) is 84.9 Å². The van der Waals surface area contributed by atoms with Crippen LogP contribution in [0.3, 0.4) is 0 Å². The van der Waals surface area contributed by atoms with Crippen molar-refractivity contribution in [3.8, 4) is 16.8 Å². The van der Waals surface area contributed by atoms with Crippen molar-refractivity contribution >= 4 is 54.4 Å². The molecular weight excluding hydrogens is 448 g/mol. The molecule has 0 unspecified atom stereocenters. The fourth-order valence-electron chi connectivity index (χ4n) is 6.15. The molecule has 0 spiro atoms. The van der Waals surface area contributed by atoms with Crippen molar-refractivity contribution in [3.05, 3.63) is 127 Å². The van der Waals surface area contributed by atoms with Gasteiger partial charge in [-0.2, -0.15) is 0 Å². The molecule has 6 aromatic carbocycles. The second kappa shape index (κ2) is 7.59. The van der Waals surface area contributed by atoms with Crippen LogP contribution in [0.5, 0.6) is 0 Å². The van der Waals surface area contributed by atoms with E-state index in [-0.39, 0.29) is 0 Å². The number of aromatic nitrogens is 2. The summed E-state index contributed by atoms with van der Waals surface area (Å²) in [6.07, 6.45) is 0. The van der Waals surface area contributed by atoms with Gasteiger partial charge < -0.3 is 9.13 Å². The third-order valence-electron chi connectivity index (χ3n) is 7.91. The van der Waals surface area contributed by atoms with Crippen LogP contribution in [0.1, 0.15) is 0 Å². The number of rotatable bonds is 2. The molecule has 0 aliphatic rings. The van der Waals surface area contributed by atoms with Gasteiger partial charge in [0.05, 0.1) is 11.0 Å². The van der Waals surface area contributed by atoms with E-state index in [1.54, 1.807) is 0 Å². The molecule has 174 valence electrons. The van der Waals surface area contributed by atoms with Crippen LogP contribution in [0.4, 0.5) is 0 Å². The molecule has 8 aromatic rings. The van der Waals surface area contributed by atoms with Gasteiger partial charge in [0.15, 0.2) is 0 Å². The van der Waals surface area contributed by atoms with Crippen LogP contribution in [0.25, 0.3) is 71.2 Å². The number of hydrogen-bond donors (Lipinski definition) is 0. The highest BCUT2D eigenvalue weighted by Crippen LogP contribution is 2.39. The van der Waals surface area contributed by atoms with Gasteiger partial charge in [-0.05, 0) is 59.0 Å². The highest BCUT2D eigenvalue weighted by Gasteiger charge is 2.16. The van der Waals surface area contributed by atoms with Crippen LogP contribution in [0.15, 0.2) is 127 Å². The Labute approximate surface area is 214 Å². The van der Waals surface area contributed by atoms with E-state index < -0.39 is 0 Å². The van der Waals surface area contributed by atoms with Crippen molar-refractivity contribution in [3.63, 3.8) is 0 Å². The van der Waals surface area contributed by atoms with E-state index in [9.17, 15) is 0 Å². The predicted octanol–water partition coefficient (Wildman–Crippen LogP) is 9.25. The third kappa shape index (κ3) is 2.87. The first-order valence-corrected chi connectivity index (χ1v) is 12.8. The summed E-state index contributed by atoms with van der Waals surface area (Å²) in [5, 5.41) is 7.70. The molecule has 0 aliphatic carbocycles. The topological polar surface area (TPSA) is 9.86 Å². The maximum absolute atomic E-state index is 2.42. The summed E-state index contributed by atoms with van der Waals surface area (Å²) in [4.78, 5) is 0. The quantitative estimate of drug-likeness (QED) is 0.237. The number of para-hydroxylation sites is 2. The summed E-state index contributed by atoms with van der Waals surface area (Å²) in [5.74, 6) is 0. The SMILES string of the molecule is Cn1c2ccccc2c2cc(-c3ccc4c(c3)c3ccc5ccccc5c3n4-c3ccccc3)ccc21. The zero-order chi connectivity index (χ0) is 24.5. The maximum Gasteiger partial charge on any atom is 0.0619 e. The Morgan fingerprint density at radius 3 is 1.86 bits per heavy atom. The van der Waals surface area contributed by atoms with Crippen LogP contribution in [0.2, 0.25) is 0 Å². The Bertz CT molecular complexity index is 2140. The van der Waals surface area contributed by atoms with Gasteiger partial charge in [0.25, 0.3) is 0 Å². The van der Waals surface area contributed by atoms with E-state index in [4.69, 9.17) is 0 Å². The Balaban J connectivity index is 1.44. The lowest BCUT2D eigenvalue weighted by Crippen LogP contribution is -1.93. The molecule has 0 saturated carbocycles. The van der Waals surface area contributed by atoms with Crippen molar-refractivity contribution < 1.29 is 0 Å². The normalized spacial score (nSPS) is 11.9. The highest BCUT2D eigenvalue weighted by atomic mass is 15.0. The summed E-state index contributed by atoms with van der Waals surface area (Å²) in [5.41, 5.74) is 8.69. The van der Waals surface area contributed by atoms with Gasteiger partial charge in [-0.25, -0.2) is 0 Å². The van der Waals surface area contributed by atoms with Crippen LogP contribution in [-0.2, 0) is 7.05 Å². The van der Waals surface area contributed by atoms with Crippen LogP contribution in [-0.4, -0.2) is 9.13 Å². The van der Waals surface area contributed by atoms with E-state index in [1.165, 1.54) is 71.2 Å². The van der Waals surface area contributed by atoms with E-state index in [2.05, 4.69) is 144 Å². The number of hydrogen-bond acceptors (Lipinski definition) is 0. The van der Waals surface area contributed by atoms with E-state index in [0.29, 0.717) is 0 Å². The van der Waals surface area contributed by atoms with Crippen molar-refractivity contribution in [1.29, 1.82) is 0 Å². The zero-order valence-electron chi connectivity index (χ0n) is 20.5. The number of benzene rings is 6. The minimum absolute atomic E-state index is 1.18. The summed E-state index contributed by atoms with van der Waals surface area (Å²) in [6, 6.07) is 46.4. The fraction of sp³-hybridized carbons (Fsp3) is 0.0286. The molecule has 0 saturated heterocycles. The van der Waals surface area contributed by atoms with Gasteiger partial charge >= 0.3 is 0 Å².